The number of benzene rings is 2. The van der Waals surface area contributed by atoms with E-state index in [0.29, 0.717) is 17.3 Å². The summed E-state index contributed by atoms with van der Waals surface area (Å²) in [4.78, 5) is 12.0. The van der Waals surface area contributed by atoms with Crippen LogP contribution in [0.25, 0.3) is 0 Å². The molecule has 0 saturated heterocycles. The van der Waals surface area contributed by atoms with E-state index in [0.717, 1.165) is 17.4 Å². The molecule has 7 heteroatoms. The smallest absolute Gasteiger partial charge is 0.232 e. The van der Waals surface area contributed by atoms with Crippen molar-refractivity contribution < 1.29 is 13.2 Å². The number of anilines is 1. The topological polar surface area (TPSA) is 66.5 Å². The third-order valence-electron chi connectivity index (χ3n) is 3.67. The number of aryl methyl sites for hydroxylation is 1. The normalized spacial score (nSPS) is 11.2. The number of sulfonamides is 1. The molecular weight excluding hydrogens is 360 g/mol. The highest BCUT2D eigenvalue weighted by molar-refractivity contribution is 7.92. The van der Waals surface area contributed by atoms with Gasteiger partial charge in [0, 0.05) is 24.5 Å². The average Bonchev–Trinajstić information content (AvgIpc) is 2.55. The summed E-state index contributed by atoms with van der Waals surface area (Å²) in [6.45, 7) is 2.48. The number of rotatable bonds is 7. The number of carbonyl (C=O) groups is 1. The average molecular weight is 381 g/mol. The van der Waals surface area contributed by atoms with E-state index < -0.39 is 10.0 Å². The predicted octanol–water partition coefficient (Wildman–Crippen LogP) is 3.12. The SMILES string of the molecule is Cc1ccc(CNC(=O)CCN(c2ccc(Cl)cc2)S(C)(=O)=O)cc1. The summed E-state index contributed by atoms with van der Waals surface area (Å²) in [5, 5.41) is 3.33. The second kappa shape index (κ2) is 8.36. The van der Waals surface area contributed by atoms with Gasteiger partial charge in [0.2, 0.25) is 15.9 Å². The molecule has 0 aliphatic carbocycles. The molecule has 5 nitrogen and oxygen atoms in total. The van der Waals surface area contributed by atoms with Crippen LogP contribution >= 0.6 is 11.6 Å². The lowest BCUT2D eigenvalue weighted by molar-refractivity contribution is -0.121. The highest BCUT2D eigenvalue weighted by Crippen LogP contribution is 2.20. The standard InChI is InChI=1S/C18H21ClN2O3S/c1-14-3-5-15(6-4-14)13-20-18(22)11-12-21(25(2,23)24)17-9-7-16(19)8-10-17/h3-10H,11-13H2,1-2H3,(H,20,22). The molecule has 2 aromatic rings. The summed E-state index contributed by atoms with van der Waals surface area (Å²) < 4.78 is 25.2. The van der Waals surface area contributed by atoms with Crippen LogP contribution in [0.2, 0.25) is 5.02 Å². The van der Waals surface area contributed by atoms with Crippen molar-refractivity contribution in [1.82, 2.24) is 5.32 Å². The lowest BCUT2D eigenvalue weighted by Gasteiger charge is -2.22. The lowest BCUT2D eigenvalue weighted by atomic mass is 10.1. The second-order valence-electron chi connectivity index (χ2n) is 5.82. The molecule has 0 aliphatic heterocycles. The quantitative estimate of drug-likeness (QED) is 0.802. The summed E-state index contributed by atoms with van der Waals surface area (Å²) in [5.74, 6) is -0.205. The van der Waals surface area contributed by atoms with Gasteiger partial charge in [-0.3, -0.25) is 9.10 Å². The molecular formula is C18H21ClN2O3S. The third kappa shape index (κ3) is 6.07. The Bertz CT molecular complexity index is 818. The van der Waals surface area contributed by atoms with Crippen molar-refractivity contribution in [3.05, 3.63) is 64.7 Å². The van der Waals surface area contributed by atoms with E-state index in [1.807, 2.05) is 31.2 Å². The van der Waals surface area contributed by atoms with Crippen molar-refractivity contribution in [1.29, 1.82) is 0 Å². The maximum Gasteiger partial charge on any atom is 0.232 e. The van der Waals surface area contributed by atoms with Crippen LogP contribution in [0.15, 0.2) is 48.5 Å². The highest BCUT2D eigenvalue weighted by atomic mass is 35.5. The van der Waals surface area contributed by atoms with Gasteiger partial charge in [-0.25, -0.2) is 8.42 Å². The first-order valence-corrected chi connectivity index (χ1v) is 10.0. The van der Waals surface area contributed by atoms with Crippen LogP contribution in [-0.4, -0.2) is 27.1 Å². The predicted molar refractivity (Wildman–Crippen MR) is 101 cm³/mol. The van der Waals surface area contributed by atoms with E-state index in [4.69, 9.17) is 11.6 Å². The zero-order chi connectivity index (χ0) is 18.4. The summed E-state index contributed by atoms with van der Waals surface area (Å²) in [5.41, 5.74) is 2.64. The van der Waals surface area contributed by atoms with Crippen LogP contribution in [-0.2, 0) is 21.4 Å². The molecule has 0 bridgehead atoms. The van der Waals surface area contributed by atoms with Crippen LogP contribution in [0.3, 0.4) is 0 Å². The van der Waals surface area contributed by atoms with Crippen molar-refractivity contribution in [2.75, 3.05) is 17.1 Å². The first-order chi connectivity index (χ1) is 11.8. The molecule has 0 spiro atoms. The lowest BCUT2D eigenvalue weighted by Crippen LogP contribution is -2.34. The molecule has 25 heavy (non-hydrogen) atoms. The van der Waals surface area contributed by atoms with Gasteiger partial charge in [0.1, 0.15) is 0 Å². The largest absolute Gasteiger partial charge is 0.352 e. The van der Waals surface area contributed by atoms with Gasteiger partial charge in [-0.1, -0.05) is 41.4 Å². The molecule has 134 valence electrons. The van der Waals surface area contributed by atoms with Crippen molar-refractivity contribution in [2.24, 2.45) is 0 Å². The Hall–Kier alpha value is -2.05. The Morgan fingerprint density at radius 1 is 1.08 bits per heavy atom. The second-order valence-corrected chi connectivity index (χ2v) is 8.17. The minimum atomic E-state index is -3.49. The van der Waals surface area contributed by atoms with Gasteiger partial charge in [0.05, 0.1) is 11.9 Å². The highest BCUT2D eigenvalue weighted by Gasteiger charge is 2.18. The summed E-state index contributed by atoms with van der Waals surface area (Å²) >= 11 is 5.84. The molecule has 1 N–H and O–H groups in total. The number of nitrogens with one attached hydrogen (secondary N) is 1. The van der Waals surface area contributed by atoms with Crippen LogP contribution < -0.4 is 9.62 Å². The van der Waals surface area contributed by atoms with Crippen molar-refractivity contribution in [3.63, 3.8) is 0 Å². The Morgan fingerprint density at radius 3 is 2.24 bits per heavy atom. The fraction of sp³-hybridized carbons (Fsp3) is 0.278. The van der Waals surface area contributed by atoms with E-state index in [1.165, 1.54) is 4.31 Å². The van der Waals surface area contributed by atoms with E-state index >= 15 is 0 Å². The molecule has 0 atom stereocenters. The molecule has 0 unspecified atom stereocenters. The third-order valence-corrected chi connectivity index (χ3v) is 5.11. The van der Waals surface area contributed by atoms with Gasteiger partial charge in [-0.15, -0.1) is 0 Å². The van der Waals surface area contributed by atoms with Crippen LogP contribution in [0, 0.1) is 6.92 Å². The van der Waals surface area contributed by atoms with Gasteiger partial charge in [-0.05, 0) is 36.8 Å². The number of nitrogens with zero attached hydrogens (tertiary/aromatic N) is 1. The maximum atomic E-state index is 12.0. The van der Waals surface area contributed by atoms with Gasteiger partial charge in [-0.2, -0.15) is 0 Å². The molecule has 2 rings (SSSR count). The Labute approximate surface area is 153 Å². The van der Waals surface area contributed by atoms with Crippen LogP contribution in [0.1, 0.15) is 17.5 Å². The van der Waals surface area contributed by atoms with Gasteiger partial charge >= 0.3 is 0 Å². The number of carbonyl (C=O) groups excluding carboxylic acids is 1. The summed E-state index contributed by atoms with van der Waals surface area (Å²) in [6.07, 6.45) is 1.19. The molecule has 0 heterocycles. The van der Waals surface area contributed by atoms with E-state index in [-0.39, 0.29) is 18.9 Å². The van der Waals surface area contributed by atoms with Gasteiger partial charge < -0.3 is 5.32 Å². The van der Waals surface area contributed by atoms with Crippen molar-refractivity contribution in [2.45, 2.75) is 19.9 Å². The van der Waals surface area contributed by atoms with Gasteiger partial charge in [0.15, 0.2) is 0 Å². The van der Waals surface area contributed by atoms with E-state index in [9.17, 15) is 13.2 Å². The molecule has 0 radical (unpaired) electrons. The summed E-state index contributed by atoms with van der Waals surface area (Å²) in [7, 11) is -3.49. The zero-order valence-corrected chi connectivity index (χ0v) is 15.8. The molecule has 1 amide bonds. The number of amides is 1. The molecule has 0 aliphatic rings. The number of halogens is 1. The van der Waals surface area contributed by atoms with Crippen LogP contribution in [0.5, 0.6) is 0 Å². The minimum absolute atomic E-state index is 0.0696. The maximum absolute atomic E-state index is 12.0. The monoisotopic (exact) mass is 380 g/mol. The Balaban J connectivity index is 1.94. The Morgan fingerprint density at radius 2 is 1.68 bits per heavy atom. The Kier molecular flexibility index (Phi) is 6.45. The molecule has 2 aromatic carbocycles. The molecule has 0 aromatic heterocycles. The van der Waals surface area contributed by atoms with Crippen LogP contribution in [0.4, 0.5) is 5.69 Å². The first kappa shape index (κ1) is 19.3. The summed E-state index contributed by atoms with van der Waals surface area (Å²) in [6, 6.07) is 14.3. The van der Waals surface area contributed by atoms with E-state index in [2.05, 4.69) is 5.32 Å². The fourth-order valence-corrected chi connectivity index (χ4v) is 3.35. The van der Waals surface area contributed by atoms with Crippen molar-refractivity contribution in [3.8, 4) is 0 Å². The fourth-order valence-electron chi connectivity index (χ4n) is 2.29. The molecule has 0 saturated carbocycles. The minimum Gasteiger partial charge on any atom is -0.352 e. The number of hydrogen-bond acceptors (Lipinski definition) is 3. The van der Waals surface area contributed by atoms with E-state index in [1.54, 1.807) is 24.3 Å². The zero-order valence-electron chi connectivity index (χ0n) is 14.2. The number of hydrogen-bond donors (Lipinski definition) is 1. The van der Waals surface area contributed by atoms with Gasteiger partial charge in [0.25, 0.3) is 0 Å². The first-order valence-electron chi connectivity index (χ1n) is 7.81. The van der Waals surface area contributed by atoms with Crippen molar-refractivity contribution >= 4 is 33.2 Å². The molecule has 0 fully saturated rings.